The summed E-state index contributed by atoms with van der Waals surface area (Å²) in [6, 6.07) is 1.81. The molecular formula is C10H9Cl2NO6S. The Labute approximate surface area is 124 Å². The lowest BCUT2D eigenvalue weighted by atomic mass is 10.2. The monoisotopic (exact) mass is 341 g/mol. The molecule has 2 N–H and O–H groups in total. The second-order valence-corrected chi connectivity index (χ2v) is 6.02. The molecule has 0 aromatic heterocycles. The van der Waals surface area contributed by atoms with Gasteiger partial charge in [0.05, 0.1) is 22.7 Å². The highest BCUT2D eigenvalue weighted by atomic mass is 35.5. The number of benzene rings is 1. The van der Waals surface area contributed by atoms with Crippen LogP contribution in [0.2, 0.25) is 10.0 Å². The normalized spacial score (nSPS) is 11.2. The highest BCUT2D eigenvalue weighted by Gasteiger charge is 2.23. The number of aromatic carboxylic acids is 1. The van der Waals surface area contributed by atoms with Crippen molar-refractivity contribution < 1.29 is 27.9 Å². The van der Waals surface area contributed by atoms with E-state index in [4.69, 9.17) is 28.3 Å². The van der Waals surface area contributed by atoms with Gasteiger partial charge in [-0.05, 0) is 12.1 Å². The fraction of sp³-hybridized carbons (Fsp3) is 0.200. The number of hydrogen-bond donors (Lipinski definition) is 2. The number of halogens is 2. The average Bonchev–Trinajstić information content (AvgIpc) is 2.35. The van der Waals surface area contributed by atoms with Crippen molar-refractivity contribution in [1.29, 1.82) is 0 Å². The quantitative estimate of drug-likeness (QED) is 0.777. The first kappa shape index (κ1) is 16.7. The molecule has 0 heterocycles. The topological polar surface area (TPSA) is 110 Å². The van der Waals surface area contributed by atoms with Crippen LogP contribution in [0.3, 0.4) is 0 Å². The minimum absolute atomic E-state index is 0.200. The summed E-state index contributed by atoms with van der Waals surface area (Å²) >= 11 is 11.4. The Morgan fingerprint density at radius 2 is 1.90 bits per heavy atom. The number of nitrogens with one attached hydrogen (secondary N) is 1. The van der Waals surface area contributed by atoms with Gasteiger partial charge in [0.2, 0.25) is 10.0 Å². The average molecular weight is 342 g/mol. The van der Waals surface area contributed by atoms with Gasteiger partial charge >= 0.3 is 11.9 Å². The fourth-order valence-corrected chi connectivity index (χ4v) is 3.02. The number of carbonyl (C=O) groups excluding carboxylic acids is 1. The van der Waals surface area contributed by atoms with E-state index in [0.717, 1.165) is 19.2 Å². The van der Waals surface area contributed by atoms with Crippen LogP contribution in [0.1, 0.15) is 10.4 Å². The molecule has 0 aliphatic rings. The first-order chi connectivity index (χ1) is 9.19. The number of rotatable bonds is 5. The summed E-state index contributed by atoms with van der Waals surface area (Å²) < 4.78 is 30.0. The maximum absolute atomic E-state index is 11.9. The van der Waals surface area contributed by atoms with Gasteiger partial charge in [0, 0.05) is 0 Å². The van der Waals surface area contributed by atoms with Crippen LogP contribution < -0.4 is 4.72 Å². The van der Waals surface area contributed by atoms with E-state index in [2.05, 4.69) is 4.74 Å². The number of ether oxygens (including phenoxy) is 1. The van der Waals surface area contributed by atoms with Crippen molar-refractivity contribution in [3.63, 3.8) is 0 Å². The van der Waals surface area contributed by atoms with Crippen molar-refractivity contribution in [3.8, 4) is 0 Å². The maximum atomic E-state index is 11.9. The largest absolute Gasteiger partial charge is 0.478 e. The molecule has 110 valence electrons. The maximum Gasteiger partial charge on any atom is 0.337 e. The van der Waals surface area contributed by atoms with Crippen LogP contribution >= 0.6 is 23.2 Å². The minimum atomic E-state index is -4.17. The van der Waals surface area contributed by atoms with Gasteiger partial charge in [-0.25, -0.2) is 13.2 Å². The van der Waals surface area contributed by atoms with Gasteiger partial charge in [-0.1, -0.05) is 23.2 Å². The first-order valence-corrected chi connectivity index (χ1v) is 7.21. The number of methoxy groups -OCH3 is 1. The molecule has 20 heavy (non-hydrogen) atoms. The van der Waals surface area contributed by atoms with Crippen molar-refractivity contribution in [3.05, 3.63) is 27.7 Å². The van der Waals surface area contributed by atoms with E-state index in [0.29, 0.717) is 0 Å². The van der Waals surface area contributed by atoms with Crippen LogP contribution in [0, 0.1) is 0 Å². The molecule has 0 spiro atoms. The lowest BCUT2D eigenvalue weighted by Gasteiger charge is -2.09. The van der Waals surface area contributed by atoms with Crippen molar-refractivity contribution in [2.45, 2.75) is 4.90 Å². The molecule has 0 bridgehead atoms. The number of sulfonamides is 1. The highest BCUT2D eigenvalue weighted by Crippen LogP contribution is 2.28. The van der Waals surface area contributed by atoms with Crippen LogP contribution in [0.5, 0.6) is 0 Å². The summed E-state index contributed by atoms with van der Waals surface area (Å²) in [5.41, 5.74) is -0.422. The summed E-state index contributed by atoms with van der Waals surface area (Å²) in [5.74, 6) is -2.21. The molecule has 0 aliphatic heterocycles. The van der Waals surface area contributed by atoms with E-state index in [-0.39, 0.29) is 10.0 Å². The third-order valence-electron chi connectivity index (χ3n) is 2.18. The van der Waals surface area contributed by atoms with E-state index in [9.17, 15) is 18.0 Å². The molecule has 0 aliphatic carbocycles. The predicted octanol–water partition coefficient (Wildman–Crippen LogP) is 1.14. The van der Waals surface area contributed by atoms with Crippen molar-refractivity contribution >= 4 is 45.2 Å². The third kappa shape index (κ3) is 3.83. The lowest BCUT2D eigenvalue weighted by Crippen LogP contribution is -2.30. The number of hydrogen-bond acceptors (Lipinski definition) is 5. The second-order valence-electron chi connectivity index (χ2n) is 3.47. The van der Waals surface area contributed by atoms with Crippen LogP contribution in [0.25, 0.3) is 0 Å². The van der Waals surface area contributed by atoms with Gasteiger partial charge in [-0.3, -0.25) is 4.79 Å². The number of carbonyl (C=O) groups is 2. The van der Waals surface area contributed by atoms with E-state index in [1.54, 1.807) is 0 Å². The minimum Gasteiger partial charge on any atom is -0.478 e. The summed E-state index contributed by atoms with van der Waals surface area (Å²) in [6.07, 6.45) is 0. The molecule has 0 amide bonds. The summed E-state index contributed by atoms with van der Waals surface area (Å²) in [4.78, 5) is 21.3. The Morgan fingerprint density at radius 1 is 1.30 bits per heavy atom. The molecule has 0 unspecified atom stereocenters. The smallest absolute Gasteiger partial charge is 0.337 e. The summed E-state index contributed by atoms with van der Waals surface area (Å²) in [7, 11) is -3.08. The van der Waals surface area contributed by atoms with Gasteiger partial charge in [-0.2, -0.15) is 4.72 Å². The van der Waals surface area contributed by atoms with E-state index >= 15 is 0 Å². The molecule has 0 saturated carbocycles. The molecule has 1 aromatic rings. The lowest BCUT2D eigenvalue weighted by molar-refractivity contribution is -0.139. The molecule has 0 fully saturated rings. The van der Waals surface area contributed by atoms with Crippen LogP contribution in [0.15, 0.2) is 17.0 Å². The summed E-state index contributed by atoms with van der Waals surface area (Å²) in [6.45, 7) is -0.611. The third-order valence-corrected chi connectivity index (χ3v) is 4.35. The fourth-order valence-electron chi connectivity index (χ4n) is 1.20. The van der Waals surface area contributed by atoms with Gasteiger partial charge in [-0.15, -0.1) is 0 Å². The zero-order valence-corrected chi connectivity index (χ0v) is 12.3. The molecule has 0 saturated heterocycles. The Bertz CT molecular complexity index is 658. The molecule has 7 nitrogen and oxygen atoms in total. The van der Waals surface area contributed by atoms with E-state index in [1.165, 1.54) is 0 Å². The van der Waals surface area contributed by atoms with Gasteiger partial charge in [0.25, 0.3) is 0 Å². The van der Waals surface area contributed by atoms with Gasteiger partial charge in [0.1, 0.15) is 11.4 Å². The Balaban J connectivity index is 3.21. The second kappa shape index (κ2) is 6.40. The van der Waals surface area contributed by atoms with Crippen molar-refractivity contribution in [1.82, 2.24) is 4.72 Å². The molecule has 1 aromatic carbocycles. The zero-order valence-electron chi connectivity index (χ0n) is 10.0. The Morgan fingerprint density at radius 3 is 2.40 bits per heavy atom. The molecular weight excluding hydrogens is 333 g/mol. The van der Waals surface area contributed by atoms with Crippen molar-refractivity contribution in [2.75, 3.05) is 13.7 Å². The summed E-state index contributed by atoms with van der Waals surface area (Å²) in [5, 5.41) is 8.42. The van der Waals surface area contributed by atoms with Gasteiger partial charge in [0.15, 0.2) is 0 Å². The van der Waals surface area contributed by atoms with E-state index < -0.39 is 39.0 Å². The van der Waals surface area contributed by atoms with E-state index in [1.807, 2.05) is 4.72 Å². The van der Waals surface area contributed by atoms with Crippen molar-refractivity contribution in [2.24, 2.45) is 0 Å². The Hall–Kier alpha value is -1.35. The highest BCUT2D eigenvalue weighted by molar-refractivity contribution is 7.89. The first-order valence-electron chi connectivity index (χ1n) is 4.98. The SMILES string of the molecule is COC(=O)CNS(=O)(=O)c1cc(C(=O)O)c(Cl)cc1Cl. The molecule has 0 atom stereocenters. The number of esters is 1. The van der Waals surface area contributed by atoms with Crippen LogP contribution in [-0.2, 0) is 19.6 Å². The number of carboxylic acids is 1. The molecule has 1 rings (SSSR count). The predicted molar refractivity (Wildman–Crippen MR) is 70.6 cm³/mol. The Kier molecular flexibility index (Phi) is 5.35. The molecule has 0 radical (unpaired) electrons. The van der Waals surface area contributed by atoms with Crippen LogP contribution in [0.4, 0.5) is 0 Å². The standard InChI is InChI=1S/C10H9Cl2NO6S/c1-19-9(14)4-13-20(17,18)8-2-5(10(15)16)6(11)3-7(8)12/h2-3,13H,4H2,1H3,(H,15,16). The van der Waals surface area contributed by atoms with Crippen LogP contribution in [-0.4, -0.2) is 39.1 Å². The molecule has 10 heteroatoms. The number of carboxylic acid groups (broad SMARTS) is 1. The zero-order chi connectivity index (χ0) is 15.5. The van der Waals surface area contributed by atoms with Gasteiger partial charge < -0.3 is 9.84 Å².